The first-order valence-corrected chi connectivity index (χ1v) is 11.5. The lowest BCUT2D eigenvalue weighted by molar-refractivity contribution is -0.128. The number of carbonyl (C=O) groups excluding carboxylic acids is 2. The van der Waals surface area contributed by atoms with Crippen molar-refractivity contribution in [3.05, 3.63) is 24.3 Å². The maximum Gasteiger partial charge on any atom is 0.242 e. The number of nitrogens with one attached hydrogen (secondary N) is 1. The van der Waals surface area contributed by atoms with Crippen LogP contribution in [-0.2, 0) is 9.59 Å². The molecular weight excluding hydrogens is 386 g/mol. The molecule has 7 heteroatoms. The van der Waals surface area contributed by atoms with E-state index in [1.807, 2.05) is 24.3 Å². The van der Waals surface area contributed by atoms with Gasteiger partial charge in [0.1, 0.15) is 11.0 Å². The quantitative estimate of drug-likeness (QED) is 0.498. The summed E-state index contributed by atoms with van der Waals surface area (Å²) in [5, 5.41) is 3.25. The van der Waals surface area contributed by atoms with Gasteiger partial charge in [-0.25, -0.2) is 0 Å². The average Bonchev–Trinajstić information content (AvgIpc) is 3.00. The number of rotatable bonds is 12. The Morgan fingerprint density at radius 2 is 1.86 bits per heavy atom. The van der Waals surface area contributed by atoms with Crippen molar-refractivity contribution in [3.8, 4) is 5.75 Å². The monoisotopic (exact) mass is 419 g/mol. The van der Waals surface area contributed by atoms with Gasteiger partial charge < -0.3 is 10.1 Å². The summed E-state index contributed by atoms with van der Waals surface area (Å²) in [5.41, 5.74) is 0.703. The molecule has 1 heterocycles. The molecule has 1 atom stereocenters. The first-order valence-electron chi connectivity index (χ1n) is 10.6. The highest BCUT2D eigenvalue weighted by atomic mass is 32.2. The molecule has 1 saturated heterocycles. The van der Waals surface area contributed by atoms with E-state index in [2.05, 4.69) is 31.1 Å². The van der Waals surface area contributed by atoms with Gasteiger partial charge >= 0.3 is 0 Å². The average molecular weight is 420 g/mol. The molecule has 1 aliphatic rings. The molecule has 2 amide bonds. The lowest BCUT2D eigenvalue weighted by atomic mass is 10.2. The normalized spacial score (nSPS) is 17.8. The van der Waals surface area contributed by atoms with Crippen molar-refractivity contribution >= 4 is 34.4 Å². The van der Waals surface area contributed by atoms with E-state index in [9.17, 15) is 9.59 Å². The number of amidine groups is 1. The van der Waals surface area contributed by atoms with Crippen LogP contribution in [-0.4, -0.2) is 46.8 Å². The van der Waals surface area contributed by atoms with E-state index >= 15 is 0 Å². The lowest BCUT2D eigenvalue weighted by Gasteiger charge is -2.16. The molecule has 1 N–H and O–H groups in total. The van der Waals surface area contributed by atoms with Gasteiger partial charge in [-0.15, -0.1) is 0 Å². The number of unbranched alkanes of at least 4 members (excludes halogenated alkanes) is 2. The minimum atomic E-state index is -0.403. The Kier molecular flexibility index (Phi) is 10.0. The van der Waals surface area contributed by atoms with Gasteiger partial charge in [-0.2, -0.15) is 0 Å². The van der Waals surface area contributed by atoms with Crippen molar-refractivity contribution in [1.29, 1.82) is 0 Å². The standard InChI is InChI=1S/C22H33N3O3S/c1-4-7-13-23-22-25(14-8-5-2)21(27)19(29-22)16-20(26)24-17-9-11-18(12-10-17)28-15-6-3/h9-12,19H,4-8,13-16H2,1-3H3,(H,24,26)/t19-/m1/s1. The minimum absolute atomic E-state index is 0.00263. The van der Waals surface area contributed by atoms with Gasteiger partial charge in [0, 0.05) is 25.2 Å². The molecule has 0 bridgehead atoms. The molecule has 0 aliphatic carbocycles. The summed E-state index contributed by atoms with van der Waals surface area (Å²) in [6, 6.07) is 7.31. The van der Waals surface area contributed by atoms with Gasteiger partial charge in [0.2, 0.25) is 11.8 Å². The van der Waals surface area contributed by atoms with Gasteiger partial charge in [0.15, 0.2) is 5.17 Å². The fourth-order valence-electron chi connectivity index (χ4n) is 2.85. The van der Waals surface area contributed by atoms with Crippen molar-refractivity contribution in [1.82, 2.24) is 4.90 Å². The third-order valence-electron chi connectivity index (χ3n) is 4.50. The second-order valence-electron chi connectivity index (χ2n) is 7.09. The predicted octanol–water partition coefficient (Wildman–Crippen LogP) is 4.70. The molecule has 0 aromatic heterocycles. The maximum absolute atomic E-state index is 12.8. The highest BCUT2D eigenvalue weighted by Crippen LogP contribution is 2.30. The van der Waals surface area contributed by atoms with Gasteiger partial charge in [-0.05, 0) is 43.5 Å². The van der Waals surface area contributed by atoms with Crippen LogP contribution in [0.5, 0.6) is 5.75 Å². The van der Waals surface area contributed by atoms with Crippen molar-refractivity contribution in [2.45, 2.75) is 64.5 Å². The van der Waals surface area contributed by atoms with E-state index in [-0.39, 0.29) is 18.2 Å². The van der Waals surface area contributed by atoms with Crippen LogP contribution in [0.4, 0.5) is 5.69 Å². The summed E-state index contributed by atoms with van der Waals surface area (Å²) in [4.78, 5) is 31.7. The number of carbonyl (C=O) groups is 2. The second-order valence-corrected chi connectivity index (χ2v) is 8.26. The van der Waals surface area contributed by atoms with E-state index in [1.54, 1.807) is 4.90 Å². The predicted molar refractivity (Wildman–Crippen MR) is 121 cm³/mol. The van der Waals surface area contributed by atoms with Crippen LogP contribution in [0.2, 0.25) is 0 Å². The van der Waals surface area contributed by atoms with Crippen LogP contribution in [0.25, 0.3) is 0 Å². The molecule has 2 rings (SSSR count). The first kappa shape index (κ1) is 23.3. The summed E-state index contributed by atoms with van der Waals surface area (Å²) in [5.74, 6) is 0.617. The van der Waals surface area contributed by atoms with Gasteiger partial charge in [0.25, 0.3) is 0 Å². The summed E-state index contributed by atoms with van der Waals surface area (Å²) in [6.45, 7) is 8.34. The highest BCUT2D eigenvalue weighted by Gasteiger charge is 2.38. The molecule has 0 saturated carbocycles. The highest BCUT2D eigenvalue weighted by molar-refractivity contribution is 8.15. The Labute approximate surface area is 178 Å². The number of thioether (sulfide) groups is 1. The van der Waals surface area contributed by atoms with Crippen molar-refractivity contribution < 1.29 is 14.3 Å². The van der Waals surface area contributed by atoms with Crippen LogP contribution < -0.4 is 10.1 Å². The van der Waals surface area contributed by atoms with Crippen molar-refractivity contribution in [2.75, 3.05) is 25.0 Å². The number of hydrogen-bond acceptors (Lipinski definition) is 5. The number of aliphatic imine (C=N–C) groups is 1. The zero-order chi connectivity index (χ0) is 21.1. The Morgan fingerprint density at radius 1 is 1.14 bits per heavy atom. The topological polar surface area (TPSA) is 71.0 Å². The Bertz CT molecular complexity index is 691. The summed E-state index contributed by atoms with van der Waals surface area (Å²) in [7, 11) is 0. The SMILES string of the molecule is CCCCN=C1S[C@H](CC(=O)Nc2ccc(OCCC)cc2)C(=O)N1CCCC. The number of ether oxygens (including phenoxy) is 1. The third kappa shape index (κ3) is 7.38. The Morgan fingerprint density at radius 3 is 2.52 bits per heavy atom. The van der Waals surface area contributed by atoms with Crippen molar-refractivity contribution in [2.24, 2.45) is 4.99 Å². The molecule has 1 aromatic rings. The minimum Gasteiger partial charge on any atom is -0.494 e. The number of hydrogen-bond donors (Lipinski definition) is 1. The number of benzene rings is 1. The van der Waals surface area contributed by atoms with Crippen LogP contribution >= 0.6 is 11.8 Å². The Balaban J connectivity index is 1.94. The third-order valence-corrected chi connectivity index (χ3v) is 5.71. The first-order chi connectivity index (χ1) is 14.1. The molecule has 160 valence electrons. The maximum atomic E-state index is 12.8. The van der Waals surface area contributed by atoms with Gasteiger partial charge in [0.05, 0.1) is 6.61 Å². The lowest BCUT2D eigenvalue weighted by Crippen LogP contribution is -2.34. The van der Waals surface area contributed by atoms with E-state index in [0.717, 1.165) is 49.6 Å². The second kappa shape index (κ2) is 12.5. The van der Waals surface area contributed by atoms with Crippen molar-refractivity contribution in [3.63, 3.8) is 0 Å². The fraction of sp³-hybridized carbons (Fsp3) is 0.591. The summed E-state index contributed by atoms with van der Waals surface area (Å²) in [6.07, 6.45) is 5.11. The zero-order valence-electron chi connectivity index (χ0n) is 17.8. The fourth-order valence-corrected chi connectivity index (χ4v) is 4.04. The van der Waals surface area contributed by atoms with Crippen LogP contribution in [0.1, 0.15) is 59.3 Å². The molecular formula is C22H33N3O3S. The van der Waals surface area contributed by atoms with E-state index < -0.39 is 5.25 Å². The summed E-state index contributed by atoms with van der Waals surface area (Å²) < 4.78 is 5.55. The van der Waals surface area contributed by atoms with E-state index in [1.165, 1.54) is 11.8 Å². The van der Waals surface area contributed by atoms with E-state index in [4.69, 9.17) is 4.74 Å². The largest absolute Gasteiger partial charge is 0.494 e. The molecule has 0 spiro atoms. The molecule has 1 aromatic carbocycles. The van der Waals surface area contributed by atoms with Crippen LogP contribution in [0.3, 0.4) is 0 Å². The molecule has 6 nitrogen and oxygen atoms in total. The molecule has 29 heavy (non-hydrogen) atoms. The van der Waals surface area contributed by atoms with Gasteiger partial charge in [-0.1, -0.05) is 45.4 Å². The number of anilines is 1. The number of nitrogens with zero attached hydrogens (tertiary/aromatic N) is 2. The Hall–Kier alpha value is -2.02. The van der Waals surface area contributed by atoms with Gasteiger partial charge in [-0.3, -0.25) is 19.5 Å². The molecule has 0 radical (unpaired) electrons. The van der Waals surface area contributed by atoms with Crippen LogP contribution in [0, 0.1) is 0 Å². The molecule has 0 unspecified atom stereocenters. The zero-order valence-corrected chi connectivity index (χ0v) is 18.6. The molecule has 1 aliphatic heterocycles. The van der Waals surface area contributed by atoms with E-state index in [0.29, 0.717) is 18.8 Å². The molecule has 1 fully saturated rings. The van der Waals surface area contributed by atoms with Crippen LogP contribution in [0.15, 0.2) is 29.3 Å². The summed E-state index contributed by atoms with van der Waals surface area (Å²) >= 11 is 1.42. The smallest absolute Gasteiger partial charge is 0.242 e. The number of amides is 2.